The Hall–Kier alpha value is -2.24. The van der Waals surface area contributed by atoms with Gasteiger partial charge in [0.2, 0.25) is 5.91 Å². The first-order valence-corrected chi connectivity index (χ1v) is 5.56. The van der Waals surface area contributed by atoms with Crippen LogP contribution in [0.15, 0.2) is 18.2 Å². The van der Waals surface area contributed by atoms with Crippen molar-refractivity contribution in [2.24, 2.45) is 0 Å². The number of aromatic carboxylic acids is 1. The van der Waals surface area contributed by atoms with E-state index < -0.39 is 5.97 Å². The highest BCUT2D eigenvalue weighted by molar-refractivity contribution is 5.91. The molecule has 98 valence electrons. The van der Waals surface area contributed by atoms with Crippen LogP contribution in [0.2, 0.25) is 0 Å². The molecule has 18 heavy (non-hydrogen) atoms. The molecule has 0 saturated heterocycles. The summed E-state index contributed by atoms with van der Waals surface area (Å²) in [6.07, 6.45) is 0. The molecule has 0 bridgehead atoms. The van der Waals surface area contributed by atoms with Crippen molar-refractivity contribution in [3.63, 3.8) is 0 Å². The van der Waals surface area contributed by atoms with E-state index in [4.69, 9.17) is 10.8 Å². The van der Waals surface area contributed by atoms with Gasteiger partial charge in [-0.3, -0.25) is 4.79 Å². The van der Waals surface area contributed by atoms with Gasteiger partial charge in [-0.2, -0.15) is 0 Å². The number of nitrogens with one attached hydrogen (secondary N) is 1. The Bertz CT molecular complexity index is 460. The van der Waals surface area contributed by atoms with E-state index in [1.54, 1.807) is 11.9 Å². The summed E-state index contributed by atoms with van der Waals surface area (Å²) >= 11 is 0. The van der Waals surface area contributed by atoms with Gasteiger partial charge in [0.25, 0.3) is 0 Å². The number of nitrogens with zero attached hydrogens (tertiary/aromatic N) is 1. The van der Waals surface area contributed by atoms with Crippen LogP contribution >= 0.6 is 0 Å². The highest BCUT2D eigenvalue weighted by Crippen LogP contribution is 2.23. The van der Waals surface area contributed by atoms with Gasteiger partial charge in [0.15, 0.2) is 0 Å². The van der Waals surface area contributed by atoms with E-state index in [-0.39, 0.29) is 18.0 Å². The minimum atomic E-state index is -1.03. The summed E-state index contributed by atoms with van der Waals surface area (Å²) in [5.41, 5.74) is 6.88. The molecule has 0 fully saturated rings. The van der Waals surface area contributed by atoms with Crippen molar-refractivity contribution in [1.29, 1.82) is 0 Å². The lowest BCUT2D eigenvalue weighted by molar-refractivity contribution is -0.119. The molecular formula is C12H17N3O3. The van der Waals surface area contributed by atoms with Crippen LogP contribution in [0.1, 0.15) is 17.3 Å². The van der Waals surface area contributed by atoms with E-state index in [1.165, 1.54) is 18.2 Å². The fraction of sp³-hybridized carbons (Fsp3) is 0.333. The number of carboxylic acid groups (broad SMARTS) is 1. The number of likely N-dealkylation sites (N-methyl/N-ethyl adjacent to an activating group) is 2. The number of carbonyl (C=O) groups is 2. The molecule has 0 atom stereocenters. The predicted molar refractivity (Wildman–Crippen MR) is 69.8 cm³/mol. The number of carbonyl (C=O) groups excluding carboxylic acids is 1. The zero-order chi connectivity index (χ0) is 13.7. The number of benzene rings is 1. The zero-order valence-corrected chi connectivity index (χ0v) is 10.4. The average Bonchev–Trinajstić information content (AvgIpc) is 2.29. The van der Waals surface area contributed by atoms with Crippen molar-refractivity contribution in [2.75, 3.05) is 30.8 Å². The van der Waals surface area contributed by atoms with E-state index in [0.29, 0.717) is 17.9 Å². The average molecular weight is 251 g/mol. The summed E-state index contributed by atoms with van der Waals surface area (Å²) < 4.78 is 0. The fourth-order valence-corrected chi connectivity index (χ4v) is 1.56. The van der Waals surface area contributed by atoms with Crippen LogP contribution < -0.4 is 16.0 Å². The summed E-state index contributed by atoms with van der Waals surface area (Å²) in [4.78, 5) is 23.9. The molecule has 0 spiro atoms. The maximum atomic E-state index is 11.4. The van der Waals surface area contributed by atoms with E-state index >= 15 is 0 Å². The maximum absolute atomic E-state index is 11.4. The van der Waals surface area contributed by atoms with Crippen LogP contribution in [-0.2, 0) is 4.79 Å². The fourth-order valence-electron chi connectivity index (χ4n) is 1.56. The van der Waals surface area contributed by atoms with Gasteiger partial charge in [0, 0.05) is 13.6 Å². The van der Waals surface area contributed by atoms with Crippen LogP contribution in [0.5, 0.6) is 0 Å². The van der Waals surface area contributed by atoms with Crippen LogP contribution in [0.3, 0.4) is 0 Å². The van der Waals surface area contributed by atoms with Gasteiger partial charge >= 0.3 is 5.97 Å². The molecule has 0 unspecified atom stereocenters. The third-order valence-corrected chi connectivity index (χ3v) is 2.44. The highest BCUT2D eigenvalue weighted by atomic mass is 16.4. The number of amides is 1. The number of rotatable bonds is 5. The first kappa shape index (κ1) is 13.8. The van der Waals surface area contributed by atoms with Crippen LogP contribution in [0.25, 0.3) is 0 Å². The molecular weight excluding hydrogens is 234 g/mol. The van der Waals surface area contributed by atoms with E-state index in [2.05, 4.69) is 5.32 Å². The second-order valence-corrected chi connectivity index (χ2v) is 3.89. The van der Waals surface area contributed by atoms with Crippen LogP contribution in [-0.4, -0.2) is 37.1 Å². The minimum Gasteiger partial charge on any atom is -0.478 e. The lowest BCUT2D eigenvalue weighted by Crippen LogP contribution is -2.35. The molecule has 0 radical (unpaired) electrons. The summed E-state index contributed by atoms with van der Waals surface area (Å²) in [5, 5.41) is 11.6. The maximum Gasteiger partial charge on any atom is 0.335 e. The lowest BCUT2D eigenvalue weighted by atomic mass is 10.1. The van der Waals surface area contributed by atoms with Crippen molar-refractivity contribution >= 4 is 23.3 Å². The van der Waals surface area contributed by atoms with Gasteiger partial charge in [0.05, 0.1) is 23.5 Å². The third-order valence-electron chi connectivity index (χ3n) is 2.44. The number of carboxylic acids is 1. The number of nitrogen functional groups attached to an aromatic ring is 1. The Kier molecular flexibility index (Phi) is 4.53. The molecule has 1 aromatic carbocycles. The largest absolute Gasteiger partial charge is 0.478 e. The molecule has 0 aliphatic carbocycles. The standard InChI is InChI=1S/C12H17N3O3/c1-3-14-11(16)7-15(2)10-6-8(12(17)18)4-5-9(10)13/h4-6H,3,7,13H2,1-2H3,(H,14,16)(H,17,18). The summed E-state index contributed by atoms with van der Waals surface area (Å²) in [6.45, 7) is 2.51. The van der Waals surface area contributed by atoms with Gasteiger partial charge < -0.3 is 21.1 Å². The SMILES string of the molecule is CCNC(=O)CN(C)c1cc(C(=O)O)ccc1N. The third kappa shape index (κ3) is 3.38. The Morgan fingerprint density at radius 1 is 1.44 bits per heavy atom. The van der Waals surface area contributed by atoms with Gasteiger partial charge in [-0.15, -0.1) is 0 Å². The molecule has 4 N–H and O–H groups in total. The first-order valence-electron chi connectivity index (χ1n) is 5.56. The number of nitrogens with two attached hydrogens (primary N) is 1. The zero-order valence-electron chi connectivity index (χ0n) is 10.4. The van der Waals surface area contributed by atoms with E-state index in [1.807, 2.05) is 6.92 Å². The predicted octanol–water partition coefficient (Wildman–Crippen LogP) is 0.539. The normalized spacial score (nSPS) is 9.89. The summed E-state index contributed by atoms with van der Waals surface area (Å²) in [7, 11) is 1.69. The topological polar surface area (TPSA) is 95.7 Å². The van der Waals surface area contributed by atoms with Gasteiger partial charge in [-0.1, -0.05) is 0 Å². The molecule has 0 saturated carbocycles. The molecule has 6 heteroatoms. The second-order valence-electron chi connectivity index (χ2n) is 3.89. The molecule has 6 nitrogen and oxygen atoms in total. The summed E-state index contributed by atoms with van der Waals surface area (Å²) in [5.74, 6) is -1.16. The molecule has 0 aliphatic heterocycles. The minimum absolute atomic E-state index is 0.126. The molecule has 0 heterocycles. The Morgan fingerprint density at radius 2 is 2.11 bits per heavy atom. The number of hydrogen-bond donors (Lipinski definition) is 3. The van der Waals surface area contributed by atoms with Crippen molar-refractivity contribution in [2.45, 2.75) is 6.92 Å². The summed E-state index contributed by atoms with van der Waals surface area (Å²) in [6, 6.07) is 4.41. The molecule has 0 aliphatic rings. The monoisotopic (exact) mass is 251 g/mol. The quantitative estimate of drug-likeness (QED) is 0.664. The lowest BCUT2D eigenvalue weighted by Gasteiger charge is -2.20. The Balaban J connectivity index is 2.90. The van der Waals surface area contributed by atoms with Crippen molar-refractivity contribution in [3.05, 3.63) is 23.8 Å². The van der Waals surface area contributed by atoms with Crippen molar-refractivity contribution in [1.82, 2.24) is 5.32 Å². The van der Waals surface area contributed by atoms with Crippen LogP contribution in [0, 0.1) is 0 Å². The van der Waals surface area contributed by atoms with Crippen molar-refractivity contribution < 1.29 is 14.7 Å². The number of anilines is 2. The molecule has 1 amide bonds. The van der Waals surface area contributed by atoms with Gasteiger partial charge in [0.1, 0.15) is 0 Å². The molecule has 1 aromatic rings. The van der Waals surface area contributed by atoms with Gasteiger partial charge in [-0.05, 0) is 25.1 Å². The Morgan fingerprint density at radius 3 is 2.67 bits per heavy atom. The van der Waals surface area contributed by atoms with Gasteiger partial charge in [-0.25, -0.2) is 4.79 Å². The second kappa shape index (κ2) is 5.90. The Labute approximate surface area is 105 Å². The number of hydrogen-bond acceptors (Lipinski definition) is 4. The molecule has 0 aromatic heterocycles. The highest BCUT2D eigenvalue weighted by Gasteiger charge is 2.12. The van der Waals surface area contributed by atoms with Crippen LogP contribution in [0.4, 0.5) is 11.4 Å². The van der Waals surface area contributed by atoms with E-state index in [0.717, 1.165) is 0 Å². The molecule has 1 rings (SSSR count). The van der Waals surface area contributed by atoms with E-state index in [9.17, 15) is 9.59 Å². The first-order chi connectivity index (χ1) is 8.45. The van der Waals surface area contributed by atoms with Crippen molar-refractivity contribution in [3.8, 4) is 0 Å². The smallest absolute Gasteiger partial charge is 0.335 e.